The van der Waals surface area contributed by atoms with E-state index in [9.17, 15) is 5.11 Å². The number of nitrogens with one attached hydrogen (secondary N) is 1. The first kappa shape index (κ1) is 17.5. The molecule has 2 fully saturated rings. The SMILES string of the molecule is COc1ccc2c3c([nH]c2c1)[C@@H](CO)N(CC1CCCC1)CC31CN(C)C1. The molecule has 5 heteroatoms. The predicted molar refractivity (Wildman–Crippen MR) is 107 cm³/mol. The van der Waals surface area contributed by atoms with Crippen LogP contribution in [0.2, 0.25) is 0 Å². The standard InChI is InChI=1S/C22H31N3O2/c1-24-12-22(13-24)14-25(10-15-5-3-4-6-15)19(11-26)21-20(22)17-8-7-16(27-2)9-18(17)23-21/h7-9,15,19,23,26H,3-6,10-14H2,1-2H3/t19-/m1/s1. The van der Waals surface area contributed by atoms with E-state index in [2.05, 4.69) is 40.0 Å². The minimum Gasteiger partial charge on any atom is -0.497 e. The third kappa shape index (κ3) is 2.71. The molecule has 1 aromatic carbocycles. The molecule has 2 N–H and O–H groups in total. The Morgan fingerprint density at radius 3 is 2.67 bits per heavy atom. The van der Waals surface area contributed by atoms with E-state index in [0.29, 0.717) is 0 Å². The van der Waals surface area contributed by atoms with Crippen LogP contribution in [0.5, 0.6) is 5.75 Å². The number of aromatic amines is 1. The van der Waals surface area contributed by atoms with E-state index >= 15 is 0 Å². The van der Waals surface area contributed by atoms with E-state index in [0.717, 1.165) is 43.4 Å². The van der Waals surface area contributed by atoms with Gasteiger partial charge in [0.25, 0.3) is 0 Å². The van der Waals surface area contributed by atoms with Gasteiger partial charge in [0.05, 0.1) is 19.8 Å². The minimum atomic E-state index is 0.0792. The Morgan fingerprint density at radius 1 is 1.22 bits per heavy atom. The highest BCUT2D eigenvalue weighted by Crippen LogP contribution is 2.48. The van der Waals surface area contributed by atoms with Crippen molar-refractivity contribution in [2.75, 3.05) is 46.9 Å². The molecule has 0 radical (unpaired) electrons. The van der Waals surface area contributed by atoms with Crippen molar-refractivity contribution < 1.29 is 9.84 Å². The lowest BCUT2D eigenvalue weighted by Crippen LogP contribution is -2.65. The Hall–Kier alpha value is -1.56. The topological polar surface area (TPSA) is 51.7 Å². The predicted octanol–water partition coefficient (Wildman–Crippen LogP) is 2.90. The van der Waals surface area contributed by atoms with Crippen LogP contribution in [0, 0.1) is 5.92 Å². The zero-order chi connectivity index (χ0) is 18.6. The molecule has 2 aliphatic heterocycles. The minimum absolute atomic E-state index is 0.0792. The molecule has 2 aromatic rings. The van der Waals surface area contributed by atoms with Crippen LogP contribution in [0.25, 0.3) is 10.9 Å². The van der Waals surface area contributed by atoms with Gasteiger partial charge in [0, 0.05) is 54.3 Å². The second kappa shape index (κ2) is 6.50. The summed E-state index contributed by atoms with van der Waals surface area (Å²) < 4.78 is 5.44. The lowest BCUT2D eigenvalue weighted by atomic mass is 9.69. The molecule has 1 saturated carbocycles. The Bertz CT molecular complexity index is 833. The first-order chi connectivity index (χ1) is 13.1. The van der Waals surface area contributed by atoms with E-state index in [-0.39, 0.29) is 18.1 Å². The summed E-state index contributed by atoms with van der Waals surface area (Å²) in [5, 5.41) is 11.6. The average Bonchev–Trinajstić information content (AvgIpc) is 3.27. The number of likely N-dealkylation sites (N-methyl/N-ethyl adjacent to an activating group) is 1. The number of benzene rings is 1. The number of methoxy groups -OCH3 is 1. The Labute approximate surface area is 161 Å². The fourth-order valence-corrected chi connectivity index (χ4v) is 6.07. The number of nitrogens with zero attached hydrogens (tertiary/aromatic N) is 2. The second-order valence-corrected chi connectivity index (χ2v) is 9.06. The van der Waals surface area contributed by atoms with Crippen LogP contribution in [0.1, 0.15) is 43.0 Å². The van der Waals surface area contributed by atoms with Gasteiger partial charge < -0.3 is 19.7 Å². The van der Waals surface area contributed by atoms with E-state index in [1.54, 1.807) is 7.11 Å². The van der Waals surface area contributed by atoms with Crippen LogP contribution in [0.4, 0.5) is 0 Å². The lowest BCUT2D eigenvalue weighted by molar-refractivity contribution is 0.00164. The molecule has 3 aliphatic rings. The summed E-state index contributed by atoms with van der Waals surface area (Å²) in [5.74, 6) is 1.67. The van der Waals surface area contributed by atoms with Gasteiger partial charge in [-0.2, -0.15) is 0 Å². The molecule has 1 atom stereocenters. The molecule has 0 amide bonds. The maximum Gasteiger partial charge on any atom is 0.120 e. The molecule has 1 spiro atoms. The second-order valence-electron chi connectivity index (χ2n) is 9.06. The molecule has 3 heterocycles. The Balaban J connectivity index is 1.60. The third-order valence-electron chi connectivity index (χ3n) is 7.13. The average molecular weight is 370 g/mol. The molecular formula is C22H31N3O2. The monoisotopic (exact) mass is 369 g/mol. The summed E-state index contributed by atoms with van der Waals surface area (Å²) in [6.07, 6.45) is 5.43. The normalized spacial score (nSPS) is 25.8. The zero-order valence-electron chi connectivity index (χ0n) is 16.5. The number of ether oxygens (including phenoxy) is 1. The summed E-state index contributed by atoms with van der Waals surface area (Å²) in [7, 11) is 3.93. The number of H-pyrrole nitrogens is 1. The van der Waals surface area contributed by atoms with Gasteiger partial charge in [-0.3, -0.25) is 4.90 Å². The first-order valence-electron chi connectivity index (χ1n) is 10.4. The van der Waals surface area contributed by atoms with E-state index in [1.807, 2.05) is 0 Å². The van der Waals surface area contributed by atoms with Crippen LogP contribution >= 0.6 is 0 Å². The summed E-state index contributed by atoms with van der Waals surface area (Å²) in [6.45, 7) is 4.55. The fraction of sp³-hybridized carbons (Fsp3) is 0.636. The van der Waals surface area contributed by atoms with Gasteiger partial charge in [0.2, 0.25) is 0 Å². The molecule has 0 bridgehead atoms. The summed E-state index contributed by atoms with van der Waals surface area (Å²) in [5.41, 5.74) is 3.99. The highest BCUT2D eigenvalue weighted by Gasteiger charge is 2.51. The molecular weight excluding hydrogens is 338 g/mol. The number of fused-ring (bicyclic) bond motifs is 4. The number of likely N-dealkylation sites (tertiary alicyclic amines) is 1. The van der Waals surface area contributed by atoms with Gasteiger partial charge in [0.1, 0.15) is 5.75 Å². The van der Waals surface area contributed by atoms with Crippen molar-refractivity contribution in [1.29, 1.82) is 0 Å². The number of aliphatic hydroxyl groups is 1. The number of aliphatic hydroxyl groups excluding tert-OH is 1. The van der Waals surface area contributed by atoms with Crippen molar-refractivity contribution in [1.82, 2.24) is 14.8 Å². The van der Waals surface area contributed by atoms with Gasteiger partial charge in [0.15, 0.2) is 0 Å². The molecule has 5 rings (SSSR count). The maximum absolute atomic E-state index is 10.3. The number of aromatic nitrogens is 1. The van der Waals surface area contributed by atoms with Crippen molar-refractivity contribution in [3.63, 3.8) is 0 Å². The van der Waals surface area contributed by atoms with Gasteiger partial charge in [-0.1, -0.05) is 12.8 Å². The molecule has 1 aromatic heterocycles. The van der Waals surface area contributed by atoms with Crippen molar-refractivity contribution in [2.24, 2.45) is 5.92 Å². The Kier molecular flexibility index (Phi) is 4.22. The van der Waals surface area contributed by atoms with Crippen LogP contribution in [0.15, 0.2) is 18.2 Å². The van der Waals surface area contributed by atoms with Crippen molar-refractivity contribution in [3.8, 4) is 5.75 Å². The van der Waals surface area contributed by atoms with Crippen molar-refractivity contribution >= 4 is 10.9 Å². The maximum atomic E-state index is 10.3. The molecule has 0 unspecified atom stereocenters. The molecule has 27 heavy (non-hydrogen) atoms. The van der Waals surface area contributed by atoms with E-state index in [1.165, 1.54) is 42.3 Å². The highest BCUT2D eigenvalue weighted by atomic mass is 16.5. The van der Waals surface area contributed by atoms with E-state index < -0.39 is 0 Å². The zero-order valence-corrected chi connectivity index (χ0v) is 16.5. The van der Waals surface area contributed by atoms with Gasteiger partial charge in [-0.25, -0.2) is 0 Å². The fourth-order valence-electron chi connectivity index (χ4n) is 6.07. The number of hydrogen-bond acceptors (Lipinski definition) is 4. The summed E-state index contributed by atoms with van der Waals surface area (Å²) >= 11 is 0. The van der Waals surface area contributed by atoms with Crippen LogP contribution < -0.4 is 4.74 Å². The van der Waals surface area contributed by atoms with Gasteiger partial charge >= 0.3 is 0 Å². The Morgan fingerprint density at radius 2 is 2.00 bits per heavy atom. The smallest absolute Gasteiger partial charge is 0.120 e. The van der Waals surface area contributed by atoms with Gasteiger partial charge in [-0.15, -0.1) is 0 Å². The summed E-state index contributed by atoms with van der Waals surface area (Å²) in [4.78, 5) is 8.68. The van der Waals surface area contributed by atoms with Crippen LogP contribution in [-0.4, -0.2) is 66.8 Å². The number of hydrogen-bond donors (Lipinski definition) is 2. The molecule has 1 aliphatic carbocycles. The van der Waals surface area contributed by atoms with Crippen molar-refractivity contribution in [3.05, 3.63) is 29.5 Å². The first-order valence-corrected chi connectivity index (χ1v) is 10.4. The van der Waals surface area contributed by atoms with Gasteiger partial charge in [-0.05, 0) is 43.5 Å². The van der Waals surface area contributed by atoms with Crippen LogP contribution in [0.3, 0.4) is 0 Å². The van der Waals surface area contributed by atoms with Crippen LogP contribution in [-0.2, 0) is 5.41 Å². The van der Waals surface area contributed by atoms with E-state index in [4.69, 9.17) is 4.74 Å². The molecule has 1 saturated heterocycles. The van der Waals surface area contributed by atoms with Crippen molar-refractivity contribution in [2.45, 2.75) is 37.1 Å². The highest BCUT2D eigenvalue weighted by molar-refractivity contribution is 5.88. The largest absolute Gasteiger partial charge is 0.497 e. The number of rotatable bonds is 4. The quantitative estimate of drug-likeness (QED) is 0.870. The molecule has 146 valence electrons. The lowest BCUT2D eigenvalue weighted by Gasteiger charge is -2.55. The molecule has 5 nitrogen and oxygen atoms in total. The third-order valence-corrected chi connectivity index (χ3v) is 7.13. The summed E-state index contributed by atoms with van der Waals surface area (Å²) in [6, 6.07) is 6.44.